The van der Waals surface area contributed by atoms with Crippen LogP contribution in [0.25, 0.3) is 0 Å². The van der Waals surface area contributed by atoms with Gasteiger partial charge in [0.25, 0.3) is 0 Å². The van der Waals surface area contributed by atoms with Crippen LogP contribution in [0.4, 0.5) is 0 Å². The molecule has 1 saturated heterocycles. The number of hydrogen-bond donors (Lipinski definition) is 1. The summed E-state index contributed by atoms with van der Waals surface area (Å²) in [6, 6.07) is 7.24. The number of nitrogens with zero attached hydrogens (tertiary/aromatic N) is 1. The van der Waals surface area contributed by atoms with Gasteiger partial charge in [0.2, 0.25) is 0 Å². The molecule has 1 fully saturated rings. The van der Waals surface area contributed by atoms with Crippen LogP contribution in [0.1, 0.15) is 63.5 Å². The van der Waals surface area contributed by atoms with Gasteiger partial charge in [-0.3, -0.25) is 4.90 Å². The fourth-order valence-corrected chi connectivity index (χ4v) is 3.96. The van der Waals surface area contributed by atoms with E-state index >= 15 is 0 Å². The maximum atomic E-state index is 6.24. The summed E-state index contributed by atoms with van der Waals surface area (Å²) in [7, 11) is 0. The van der Waals surface area contributed by atoms with Crippen LogP contribution in [0, 0.1) is 12.8 Å². The summed E-state index contributed by atoms with van der Waals surface area (Å²) in [4.78, 5) is 2.68. The van der Waals surface area contributed by atoms with Gasteiger partial charge in [-0.25, -0.2) is 0 Å². The molecule has 1 heterocycles. The van der Waals surface area contributed by atoms with E-state index in [0.29, 0.717) is 24.4 Å². The van der Waals surface area contributed by atoms with Crippen molar-refractivity contribution in [3.63, 3.8) is 0 Å². The number of aryl methyl sites for hydroxylation is 1. The maximum Gasteiger partial charge on any atom is 0.122 e. The minimum atomic E-state index is 0.419. The zero-order chi connectivity index (χ0) is 17.5. The molecule has 136 valence electrons. The lowest BCUT2D eigenvalue weighted by molar-refractivity contribution is 0.112. The highest BCUT2D eigenvalue weighted by atomic mass is 16.5. The Morgan fingerprint density at radius 2 is 2.08 bits per heavy atom. The number of likely N-dealkylation sites (tertiary alicyclic amines) is 1. The van der Waals surface area contributed by atoms with Gasteiger partial charge in [0.1, 0.15) is 5.75 Å². The van der Waals surface area contributed by atoms with Crippen molar-refractivity contribution < 1.29 is 4.74 Å². The van der Waals surface area contributed by atoms with Crippen molar-refractivity contribution >= 4 is 0 Å². The number of piperidine rings is 1. The summed E-state index contributed by atoms with van der Waals surface area (Å²) in [5.41, 5.74) is 8.84. The highest BCUT2D eigenvalue weighted by Crippen LogP contribution is 2.32. The second-order valence-corrected chi connectivity index (χ2v) is 7.67. The number of rotatable bonds is 8. The largest absolute Gasteiger partial charge is 0.493 e. The first-order valence-electron chi connectivity index (χ1n) is 9.74. The third-order valence-corrected chi connectivity index (χ3v) is 5.07. The van der Waals surface area contributed by atoms with Crippen LogP contribution in [0.15, 0.2) is 18.2 Å². The van der Waals surface area contributed by atoms with Crippen LogP contribution in [-0.2, 0) is 0 Å². The molecule has 1 aliphatic heterocycles. The second kappa shape index (κ2) is 9.43. The topological polar surface area (TPSA) is 38.5 Å². The van der Waals surface area contributed by atoms with Gasteiger partial charge in [-0.1, -0.05) is 39.3 Å². The van der Waals surface area contributed by atoms with E-state index < -0.39 is 0 Å². The van der Waals surface area contributed by atoms with Crippen molar-refractivity contribution in [3.05, 3.63) is 29.3 Å². The number of benzene rings is 1. The predicted octanol–water partition coefficient (Wildman–Crippen LogP) is 4.34. The molecule has 1 aliphatic rings. The van der Waals surface area contributed by atoms with E-state index in [4.69, 9.17) is 10.5 Å². The summed E-state index contributed by atoms with van der Waals surface area (Å²) >= 11 is 0. The van der Waals surface area contributed by atoms with Crippen molar-refractivity contribution in [2.24, 2.45) is 11.7 Å². The zero-order valence-electron chi connectivity index (χ0n) is 16.1. The van der Waals surface area contributed by atoms with E-state index in [0.717, 1.165) is 18.8 Å². The summed E-state index contributed by atoms with van der Waals surface area (Å²) in [6.45, 7) is 12.8. The van der Waals surface area contributed by atoms with E-state index in [1.54, 1.807) is 0 Å². The molecule has 0 radical (unpaired) electrons. The average molecular weight is 333 g/mol. The Bertz CT molecular complexity index is 501. The van der Waals surface area contributed by atoms with E-state index in [9.17, 15) is 0 Å². The minimum Gasteiger partial charge on any atom is -0.493 e. The van der Waals surface area contributed by atoms with Crippen molar-refractivity contribution in [2.45, 2.75) is 65.3 Å². The Hall–Kier alpha value is -1.06. The first-order chi connectivity index (χ1) is 11.6. The van der Waals surface area contributed by atoms with E-state index in [1.165, 1.54) is 43.5 Å². The van der Waals surface area contributed by atoms with Crippen LogP contribution < -0.4 is 10.5 Å². The standard InChI is InChI=1S/C21H36N2O/c1-5-12-24-21-10-9-18(13-17(21)4)19(14-22)20-8-6-7-11-23(20)15-16(2)3/h9-10,13,16,19-20H,5-8,11-12,14-15,22H2,1-4H3. The summed E-state index contributed by atoms with van der Waals surface area (Å²) < 4.78 is 5.83. The lowest BCUT2D eigenvalue weighted by atomic mass is 9.84. The van der Waals surface area contributed by atoms with E-state index in [2.05, 4.69) is 50.8 Å². The van der Waals surface area contributed by atoms with Gasteiger partial charge >= 0.3 is 0 Å². The summed E-state index contributed by atoms with van der Waals surface area (Å²) in [6.07, 6.45) is 4.95. The molecule has 0 saturated carbocycles. The van der Waals surface area contributed by atoms with Crippen LogP contribution >= 0.6 is 0 Å². The molecule has 2 atom stereocenters. The molecule has 0 spiro atoms. The molecule has 0 aromatic heterocycles. The molecule has 2 rings (SSSR count). The smallest absolute Gasteiger partial charge is 0.122 e. The van der Waals surface area contributed by atoms with Gasteiger partial charge in [0.05, 0.1) is 6.61 Å². The Morgan fingerprint density at radius 1 is 1.29 bits per heavy atom. The first-order valence-corrected chi connectivity index (χ1v) is 9.74. The van der Waals surface area contributed by atoms with Crippen LogP contribution in [-0.4, -0.2) is 37.2 Å². The van der Waals surface area contributed by atoms with Crippen molar-refractivity contribution in [1.82, 2.24) is 4.90 Å². The first kappa shape index (κ1) is 19.3. The summed E-state index contributed by atoms with van der Waals surface area (Å²) in [5, 5.41) is 0. The SMILES string of the molecule is CCCOc1ccc(C(CN)C2CCCCN2CC(C)C)cc1C. The fraction of sp³-hybridized carbons (Fsp3) is 0.714. The highest BCUT2D eigenvalue weighted by Gasteiger charge is 2.30. The lowest BCUT2D eigenvalue weighted by Gasteiger charge is -2.41. The monoisotopic (exact) mass is 332 g/mol. The van der Waals surface area contributed by atoms with Gasteiger partial charge in [0.15, 0.2) is 0 Å². The third kappa shape index (κ3) is 4.97. The predicted molar refractivity (Wildman–Crippen MR) is 103 cm³/mol. The zero-order valence-corrected chi connectivity index (χ0v) is 16.1. The molecule has 3 nitrogen and oxygen atoms in total. The fourth-order valence-electron chi connectivity index (χ4n) is 3.96. The van der Waals surface area contributed by atoms with Crippen molar-refractivity contribution in [1.29, 1.82) is 0 Å². The van der Waals surface area contributed by atoms with Gasteiger partial charge in [-0.2, -0.15) is 0 Å². The van der Waals surface area contributed by atoms with E-state index in [-0.39, 0.29) is 0 Å². The molecule has 0 bridgehead atoms. The lowest BCUT2D eigenvalue weighted by Crippen LogP contribution is -2.46. The number of hydrogen-bond acceptors (Lipinski definition) is 3. The molecule has 2 N–H and O–H groups in total. The average Bonchev–Trinajstić information content (AvgIpc) is 2.56. The maximum absolute atomic E-state index is 6.24. The molecule has 1 aromatic rings. The molecule has 1 aromatic carbocycles. The molecule has 24 heavy (non-hydrogen) atoms. The van der Waals surface area contributed by atoms with Crippen LogP contribution in [0.3, 0.4) is 0 Å². The molecule has 0 amide bonds. The number of ether oxygens (including phenoxy) is 1. The van der Waals surface area contributed by atoms with Crippen LogP contribution in [0.2, 0.25) is 0 Å². The molecule has 0 aliphatic carbocycles. The number of nitrogens with two attached hydrogens (primary N) is 1. The summed E-state index contributed by atoms with van der Waals surface area (Å²) in [5.74, 6) is 2.14. The normalized spacial score (nSPS) is 20.3. The van der Waals surface area contributed by atoms with Gasteiger partial charge < -0.3 is 10.5 Å². The van der Waals surface area contributed by atoms with E-state index in [1.807, 2.05) is 0 Å². The van der Waals surface area contributed by atoms with Crippen LogP contribution in [0.5, 0.6) is 5.75 Å². The van der Waals surface area contributed by atoms with Gasteiger partial charge in [0, 0.05) is 25.0 Å². The highest BCUT2D eigenvalue weighted by molar-refractivity contribution is 5.38. The van der Waals surface area contributed by atoms with Gasteiger partial charge in [-0.15, -0.1) is 0 Å². The molecule has 3 heteroatoms. The molecular formula is C21H36N2O. The Balaban J connectivity index is 2.18. The Morgan fingerprint density at radius 3 is 2.71 bits per heavy atom. The Labute approximate surface area is 148 Å². The minimum absolute atomic E-state index is 0.419. The molecule has 2 unspecified atom stereocenters. The second-order valence-electron chi connectivity index (χ2n) is 7.67. The van der Waals surface area contributed by atoms with Crippen molar-refractivity contribution in [3.8, 4) is 5.75 Å². The third-order valence-electron chi connectivity index (χ3n) is 5.07. The van der Waals surface area contributed by atoms with Crippen molar-refractivity contribution in [2.75, 3.05) is 26.2 Å². The van der Waals surface area contributed by atoms with Gasteiger partial charge in [-0.05, 0) is 55.8 Å². The molecular weight excluding hydrogens is 296 g/mol. The Kier molecular flexibility index (Phi) is 7.57. The quantitative estimate of drug-likeness (QED) is 0.770.